The van der Waals surface area contributed by atoms with E-state index in [1.54, 1.807) is 16.2 Å². The maximum atomic E-state index is 12.5. The Morgan fingerprint density at radius 3 is 2.40 bits per heavy atom. The van der Waals surface area contributed by atoms with Crippen LogP contribution in [0.2, 0.25) is 0 Å². The third-order valence-corrected chi connectivity index (χ3v) is 6.84. The summed E-state index contributed by atoms with van der Waals surface area (Å²) in [6, 6.07) is 8.64. The van der Waals surface area contributed by atoms with E-state index < -0.39 is 0 Å². The van der Waals surface area contributed by atoms with Gasteiger partial charge >= 0.3 is 0 Å². The molecule has 160 valence electrons. The lowest BCUT2D eigenvalue weighted by Gasteiger charge is -2.32. The van der Waals surface area contributed by atoms with Crippen molar-refractivity contribution in [3.63, 3.8) is 0 Å². The quantitative estimate of drug-likeness (QED) is 0.653. The molecule has 0 aliphatic carbocycles. The summed E-state index contributed by atoms with van der Waals surface area (Å²) in [7, 11) is 2.18. The molecule has 2 fully saturated rings. The summed E-state index contributed by atoms with van der Waals surface area (Å²) in [6.45, 7) is 7.90. The molecule has 8 heteroatoms. The number of hydrogen-bond acceptors (Lipinski definition) is 6. The van der Waals surface area contributed by atoms with Gasteiger partial charge in [-0.05, 0) is 12.6 Å². The van der Waals surface area contributed by atoms with E-state index in [0.717, 1.165) is 55.4 Å². The number of carbonyl (C=O) groups is 2. The molecule has 0 saturated carbocycles. The van der Waals surface area contributed by atoms with Crippen molar-refractivity contribution in [2.75, 3.05) is 59.4 Å². The second-order valence-corrected chi connectivity index (χ2v) is 8.98. The number of piperazine rings is 2. The van der Waals surface area contributed by atoms with Gasteiger partial charge < -0.3 is 14.7 Å². The highest BCUT2D eigenvalue weighted by Gasteiger charge is 2.21. The van der Waals surface area contributed by atoms with Gasteiger partial charge in [-0.15, -0.1) is 11.3 Å². The second-order valence-electron chi connectivity index (χ2n) is 8.12. The van der Waals surface area contributed by atoms with E-state index in [9.17, 15) is 9.59 Å². The van der Waals surface area contributed by atoms with Crippen LogP contribution in [0.15, 0.2) is 29.6 Å². The molecule has 0 radical (unpaired) electrons. The Bertz CT molecular complexity index is 853. The van der Waals surface area contributed by atoms with E-state index in [1.807, 2.05) is 10.3 Å². The van der Waals surface area contributed by atoms with Crippen LogP contribution in [-0.4, -0.2) is 96.3 Å². The number of rotatable bonds is 6. The van der Waals surface area contributed by atoms with Gasteiger partial charge in [0.1, 0.15) is 5.01 Å². The average Bonchev–Trinajstić information content (AvgIpc) is 3.24. The highest BCUT2D eigenvalue weighted by molar-refractivity contribution is 7.13. The van der Waals surface area contributed by atoms with E-state index >= 15 is 0 Å². The predicted molar refractivity (Wildman–Crippen MR) is 118 cm³/mol. The van der Waals surface area contributed by atoms with E-state index in [0.29, 0.717) is 32.6 Å². The van der Waals surface area contributed by atoms with Crippen molar-refractivity contribution in [3.8, 4) is 10.6 Å². The molecule has 2 saturated heterocycles. The Hall–Kier alpha value is -2.29. The number of nitrogens with zero attached hydrogens (tertiary/aromatic N) is 5. The second kappa shape index (κ2) is 9.68. The first-order valence-electron chi connectivity index (χ1n) is 10.5. The number of carbonyl (C=O) groups excluding carboxylic acids is 2. The third-order valence-electron chi connectivity index (χ3n) is 5.90. The summed E-state index contributed by atoms with van der Waals surface area (Å²) < 4.78 is 0. The number of amides is 2. The molecular formula is C22H29N5O2S. The van der Waals surface area contributed by atoms with Crippen LogP contribution in [-0.2, 0) is 22.6 Å². The number of hydrogen-bond donors (Lipinski definition) is 0. The van der Waals surface area contributed by atoms with Crippen LogP contribution in [0.5, 0.6) is 0 Å². The first-order chi connectivity index (χ1) is 14.6. The summed E-state index contributed by atoms with van der Waals surface area (Å²) in [5, 5.41) is 2.93. The Morgan fingerprint density at radius 1 is 1.03 bits per heavy atom. The lowest BCUT2D eigenvalue weighted by molar-refractivity contribution is -0.134. The zero-order valence-corrected chi connectivity index (χ0v) is 18.3. The molecule has 30 heavy (non-hydrogen) atoms. The van der Waals surface area contributed by atoms with E-state index in [4.69, 9.17) is 0 Å². The van der Waals surface area contributed by atoms with Crippen molar-refractivity contribution in [1.82, 2.24) is 24.6 Å². The summed E-state index contributed by atoms with van der Waals surface area (Å²) in [6.07, 6.45) is 1.17. The smallest absolute Gasteiger partial charge is 0.228 e. The Kier molecular flexibility index (Phi) is 6.76. The maximum absolute atomic E-state index is 12.5. The van der Waals surface area contributed by atoms with Crippen molar-refractivity contribution < 1.29 is 9.59 Å². The fourth-order valence-electron chi connectivity index (χ4n) is 3.88. The molecule has 0 unspecified atom stereocenters. The van der Waals surface area contributed by atoms with Gasteiger partial charge in [0, 0.05) is 69.8 Å². The number of benzene rings is 1. The molecule has 0 spiro atoms. The summed E-state index contributed by atoms with van der Waals surface area (Å²) in [4.78, 5) is 36.4. The minimum absolute atomic E-state index is 0.0833. The van der Waals surface area contributed by atoms with Crippen LogP contribution in [0.3, 0.4) is 0 Å². The van der Waals surface area contributed by atoms with Gasteiger partial charge in [0.15, 0.2) is 0 Å². The normalized spacial score (nSPS) is 18.6. The lowest BCUT2D eigenvalue weighted by atomic mass is 10.1. The fraction of sp³-hybridized carbons (Fsp3) is 0.500. The first-order valence-corrected chi connectivity index (χ1v) is 11.4. The van der Waals surface area contributed by atoms with Crippen molar-refractivity contribution >= 4 is 23.7 Å². The van der Waals surface area contributed by atoms with E-state index in [1.165, 1.54) is 5.56 Å². The van der Waals surface area contributed by atoms with E-state index in [-0.39, 0.29) is 5.91 Å². The molecule has 4 rings (SSSR count). The van der Waals surface area contributed by atoms with Crippen LogP contribution in [0.1, 0.15) is 11.3 Å². The lowest BCUT2D eigenvalue weighted by Crippen LogP contribution is -2.48. The highest BCUT2D eigenvalue weighted by Crippen LogP contribution is 2.25. The molecule has 2 aromatic rings. The zero-order chi connectivity index (χ0) is 20.9. The van der Waals surface area contributed by atoms with Gasteiger partial charge in [0.2, 0.25) is 12.3 Å². The summed E-state index contributed by atoms with van der Waals surface area (Å²) in [5.41, 5.74) is 3.24. The highest BCUT2D eigenvalue weighted by atomic mass is 32.1. The predicted octanol–water partition coefficient (Wildman–Crippen LogP) is 1.40. The molecule has 0 N–H and O–H groups in total. The SMILES string of the molecule is CN1CCN(Cc2ccc(-c3nc(CC(=O)N4CCN(C=O)CC4)cs3)cc2)CC1. The largest absolute Gasteiger partial charge is 0.342 e. The van der Waals surface area contributed by atoms with Crippen molar-refractivity contribution in [1.29, 1.82) is 0 Å². The Labute approximate surface area is 181 Å². The van der Waals surface area contributed by atoms with Gasteiger partial charge in [-0.1, -0.05) is 24.3 Å². The van der Waals surface area contributed by atoms with Crippen LogP contribution < -0.4 is 0 Å². The molecular weight excluding hydrogens is 398 g/mol. The molecule has 3 heterocycles. The summed E-state index contributed by atoms with van der Waals surface area (Å²) >= 11 is 1.58. The van der Waals surface area contributed by atoms with Crippen LogP contribution in [0.4, 0.5) is 0 Å². The van der Waals surface area contributed by atoms with Gasteiger partial charge in [0.05, 0.1) is 12.1 Å². The Balaban J connectivity index is 1.31. The van der Waals surface area contributed by atoms with Crippen LogP contribution in [0, 0.1) is 0 Å². The molecule has 0 bridgehead atoms. The molecule has 2 aliphatic rings. The molecule has 7 nitrogen and oxygen atoms in total. The topological polar surface area (TPSA) is 60.0 Å². The minimum Gasteiger partial charge on any atom is -0.342 e. The average molecular weight is 428 g/mol. The van der Waals surface area contributed by atoms with E-state index in [2.05, 4.69) is 46.1 Å². The van der Waals surface area contributed by atoms with Gasteiger partial charge in [-0.25, -0.2) is 4.98 Å². The molecule has 1 aromatic heterocycles. The third kappa shape index (κ3) is 5.24. The van der Waals surface area contributed by atoms with Gasteiger partial charge in [0.25, 0.3) is 0 Å². The molecule has 0 atom stereocenters. The Morgan fingerprint density at radius 2 is 1.73 bits per heavy atom. The zero-order valence-electron chi connectivity index (χ0n) is 17.5. The minimum atomic E-state index is 0.0833. The van der Waals surface area contributed by atoms with Gasteiger partial charge in [-0.3, -0.25) is 14.5 Å². The maximum Gasteiger partial charge on any atom is 0.228 e. The molecule has 2 aliphatic heterocycles. The van der Waals surface area contributed by atoms with Crippen molar-refractivity contribution in [3.05, 3.63) is 40.9 Å². The van der Waals surface area contributed by atoms with Gasteiger partial charge in [-0.2, -0.15) is 0 Å². The van der Waals surface area contributed by atoms with Crippen molar-refractivity contribution in [2.24, 2.45) is 0 Å². The standard InChI is InChI=1S/C22H29N5O2S/c1-24-6-8-25(9-7-24)15-18-2-4-19(5-3-18)22-23-20(16-30-22)14-21(29)27-12-10-26(17-28)11-13-27/h2-5,16-17H,6-15H2,1H3. The van der Waals surface area contributed by atoms with Crippen LogP contribution >= 0.6 is 11.3 Å². The number of aromatic nitrogens is 1. The monoisotopic (exact) mass is 427 g/mol. The van der Waals surface area contributed by atoms with Crippen LogP contribution in [0.25, 0.3) is 10.6 Å². The molecule has 1 aromatic carbocycles. The van der Waals surface area contributed by atoms with Crippen molar-refractivity contribution in [2.45, 2.75) is 13.0 Å². The fourth-order valence-corrected chi connectivity index (χ4v) is 4.71. The summed E-state index contributed by atoms with van der Waals surface area (Å²) in [5.74, 6) is 0.0833. The number of likely N-dealkylation sites (N-methyl/N-ethyl adjacent to an activating group) is 1. The molecule has 2 amide bonds. The number of thiazole rings is 1. The first kappa shape index (κ1) is 21.0.